The van der Waals surface area contributed by atoms with Crippen LogP contribution in [0.1, 0.15) is 0 Å². The number of nitrogens with zero attached hydrogens (tertiary/aromatic N) is 3. The maximum Gasteiger partial charge on any atom is 0.269 e. The molecule has 0 spiro atoms. The minimum Gasteiger partial charge on any atom is -0.388 e. The Hall–Kier alpha value is -2.14. The van der Waals surface area contributed by atoms with Gasteiger partial charge in [-0.05, 0) is 12.1 Å². The highest BCUT2D eigenvalue weighted by molar-refractivity contribution is 5.50. The molecule has 10 heteroatoms. The number of aliphatic hydroxyl groups excluding tert-OH is 3. The number of nitro groups is 1. The second-order valence-electron chi connectivity index (χ2n) is 4.47. The molecule has 0 radical (unpaired) electrons. The van der Waals surface area contributed by atoms with E-state index in [1.807, 2.05) is 0 Å². The lowest BCUT2D eigenvalue weighted by Gasteiger charge is -2.38. The van der Waals surface area contributed by atoms with E-state index < -0.39 is 29.5 Å². The van der Waals surface area contributed by atoms with Gasteiger partial charge in [0, 0.05) is 12.1 Å². The molecule has 1 aliphatic heterocycles. The molecule has 0 aliphatic carbocycles. The molecule has 3 N–H and O–H groups in total. The molecule has 4 unspecified atom stereocenters. The van der Waals surface area contributed by atoms with E-state index in [1.54, 1.807) is 0 Å². The molecule has 10 nitrogen and oxygen atoms in total. The van der Waals surface area contributed by atoms with E-state index >= 15 is 0 Å². The highest BCUT2D eigenvalue weighted by Crippen LogP contribution is 2.26. The molecule has 2 rings (SSSR count). The normalized spacial score (nSPS) is 28.9. The average molecular weight is 299 g/mol. The van der Waals surface area contributed by atoms with Gasteiger partial charge in [0.25, 0.3) is 5.69 Å². The molecule has 114 valence electrons. The molecule has 1 heterocycles. The molecule has 21 heavy (non-hydrogen) atoms. The van der Waals surface area contributed by atoms with Crippen molar-refractivity contribution in [2.75, 3.05) is 11.6 Å². The van der Waals surface area contributed by atoms with Crippen LogP contribution in [-0.2, 0) is 4.74 Å². The SMILES string of the molecule is O=NN(c1ccc([N+](=O)[O-])cc1)C1OCC(O)C(O)C1O. The Labute approximate surface area is 118 Å². The summed E-state index contributed by atoms with van der Waals surface area (Å²) in [5.74, 6) is 0. The van der Waals surface area contributed by atoms with Gasteiger partial charge < -0.3 is 20.1 Å². The number of hydrogen-bond acceptors (Lipinski definition) is 8. The molecule has 1 aliphatic rings. The van der Waals surface area contributed by atoms with Crippen LogP contribution in [0.15, 0.2) is 29.6 Å². The first-order valence-corrected chi connectivity index (χ1v) is 5.98. The highest BCUT2D eigenvalue weighted by Gasteiger charge is 2.41. The van der Waals surface area contributed by atoms with Crippen LogP contribution in [-0.4, -0.2) is 51.4 Å². The van der Waals surface area contributed by atoms with E-state index in [-0.39, 0.29) is 18.0 Å². The number of ether oxygens (including phenoxy) is 1. The standard InChI is InChI=1S/C11H13N3O7/c15-8-5-21-11(10(17)9(8)16)13(12-18)6-1-3-7(4-2-6)14(19)20/h1-4,8-11,15-17H,5H2. The van der Waals surface area contributed by atoms with Crippen LogP contribution in [0.4, 0.5) is 11.4 Å². The molecule has 0 bridgehead atoms. The summed E-state index contributed by atoms with van der Waals surface area (Å²) in [5.41, 5.74) is -0.0339. The minimum absolute atomic E-state index is 0.142. The van der Waals surface area contributed by atoms with Crippen LogP contribution in [0.3, 0.4) is 0 Å². The van der Waals surface area contributed by atoms with Crippen molar-refractivity contribution in [1.29, 1.82) is 0 Å². The Bertz CT molecular complexity index is 523. The van der Waals surface area contributed by atoms with E-state index in [0.29, 0.717) is 0 Å². The van der Waals surface area contributed by atoms with Gasteiger partial charge in [0.15, 0.2) is 6.23 Å². The van der Waals surface area contributed by atoms with Crippen LogP contribution in [0.5, 0.6) is 0 Å². The van der Waals surface area contributed by atoms with Crippen LogP contribution in [0.2, 0.25) is 0 Å². The molecule has 0 saturated carbocycles. The summed E-state index contributed by atoms with van der Waals surface area (Å²) in [6.07, 6.45) is -5.64. The maximum atomic E-state index is 11.0. The lowest BCUT2D eigenvalue weighted by atomic mass is 10.0. The van der Waals surface area contributed by atoms with Crippen molar-refractivity contribution in [3.05, 3.63) is 39.3 Å². The molecule has 4 atom stereocenters. The average Bonchev–Trinajstić information content (AvgIpc) is 2.48. The van der Waals surface area contributed by atoms with Crippen LogP contribution < -0.4 is 5.01 Å². The number of nitroso groups, excluding NO2 is 1. The van der Waals surface area contributed by atoms with Crippen LogP contribution in [0.25, 0.3) is 0 Å². The van der Waals surface area contributed by atoms with Gasteiger partial charge in [0.1, 0.15) is 18.3 Å². The Morgan fingerprint density at radius 1 is 1.24 bits per heavy atom. The van der Waals surface area contributed by atoms with Crippen molar-refractivity contribution in [2.45, 2.75) is 24.5 Å². The molecular formula is C11H13N3O7. The summed E-state index contributed by atoms with van der Waals surface area (Å²) in [6, 6.07) is 4.84. The Kier molecular flexibility index (Phi) is 4.43. The van der Waals surface area contributed by atoms with Gasteiger partial charge >= 0.3 is 0 Å². The summed E-state index contributed by atoms with van der Waals surface area (Å²) < 4.78 is 5.10. The largest absolute Gasteiger partial charge is 0.388 e. The van der Waals surface area contributed by atoms with Crippen molar-refractivity contribution in [1.82, 2.24) is 0 Å². The van der Waals surface area contributed by atoms with E-state index in [1.165, 1.54) is 12.1 Å². The number of anilines is 1. The van der Waals surface area contributed by atoms with Gasteiger partial charge in [0.2, 0.25) is 0 Å². The van der Waals surface area contributed by atoms with Crippen molar-refractivity contribution in [2.24, 2.45) is 5.29 Å². The zero-order valence-electron chi connectivity index (χ0n) is 10.6. The fourth-order valence-corrected chi connectivity index (χ4v) is 1.97. The Balaban J connectivity index is 2.23. The van der Waals surface area contributed by atoms with Gasteiger partial charge in [-0.3, -0.25) is 10.1 Å². The molecule has 1 fully saturated rings. The third-order valence-corrected chi connectivity index (χ3v) is 3.13. The highest BCUT2D eigenvalue weighted by atomic mass is 16.6. The molecule has 0 amide bonds. The minimum atomic E-state index is -1.57. The second-order valence-corrected chi connectivity index (χ2v) is 4.47. The summed E-state index contributed by atoms with van der Waals surface area (Å²) in [7, 11) is 0. The summed E-state index contributed by atoms with van der Waals surface area (Å²) >= 11 is 0. The predicted molar refractivity (Wildman–Crippen MR) is 69.1 cm³/mol. The van der Waals surface area contributed by atoms with Gasteiger partial charge in [-0.25, -0.2) is 0 Å². The molecule has 1 aromatic rings. The number of hydrogen-bond donors (Lipinski definition) is 3. The predicted octanol–water partition coefficient (Wildman–Crippen LogP) is -0.478. The Morgan fingerprint density at radius 3 is 2.38 bits per heavy atom. The number of non-ortho nitro benzene ring substituents is 1. The van der Waals surface area contributed by atoms with Gasteiger partial charge in [-0.2, -0.15) is 5.01 Å². The monoisotopic (exact) mass is 299 g/mol. The summed E-state index contributed by atoms with van der Waals surface area (Å²) in [4.78, 5) is 20.9. The molecular weight excluding hydrogens is 286 g/mol. The Morgan fingerprint density at radius 2 is 1.86 bits per heavy atom. The molecule has 1 saturated heterocycles. The zero-order chi connectivity index (χ0) is 15.6. The quantitative estimate of drug-likeness (QED) is 0.384. The van der Waals surface area contributed by atoms with Crippen LogP contribution >= 0.6 is 0 Å². The third kappa shape index (κ3) is 2.97. The van der Waals surface area contributed by atoms with Crippen molar-refractivity contribution in [3.8, 4) is 0 Å². The second kappa shape index (κ2) is 6.10. The van der Waals surface area contributed by atoms with Crippen molar-refractivity contribution < 1.29 is 25.0 Å². The summed E-state index contributed by atoms with van der Waals surface area (Å²) in [5, 5.41) is 42.8. The lowest BCUT2D eigenvalue weighted by molar-refractivity contribution is -0.384. The fourth-order valence-electron chi connectivity index (χ4n) is 1.97. The summed E-state index contributed by atoms with van der Waals surface area (Å²) in [6.45, 7) is -0.290. The number of aliphatic hydroxyl groups is 3. The van der Waals surface area contributed by atoms with Crippen molar-refractivity contribution >= 4 is 11.4 Å². The number of nitro benzene ring substituents is 1. The first-order chi connectivity index (χ1) is 9.95. The number of rotatable bonds is 4. The first-order valence-electron chi connectivity index (χ1n) is 5.98. The topological polar surface area (TPSA) is 146 Å². The van der Waals surface area contributed by atoms with Crippen LogP contribution in [0, 0.1) is 15.0 Å². The molecule has 0 aromatic heterocycles. The number of benzene rings is 1. The maximum absolute atomic E-state index is 11.0. The lowest BCUT2D eigenvalue weighted by Crippen LogP contribution is -2.58. The molecule has 1 aromatic carbocycles. The zero-order valence-corrected chi connectivity index (χ0v) is 10.6. The van der Waals surface area contributed by atoms with Gasteiger partial charge in [0.05, 0.1) is 22.5 Å². The third-order valence-electron chi connectivity index (χ3n) is 3.13. The van der Waals surface area contributed by atoms with E-state index in [4.69, 9.17) is 4.74 Å². The van der Waals surface area contributed by atoms with E-state index in [0.717, 1.165) is 17.1 Å². The smallest absolute Gasteiger partial charge is 0.269 e. The van der Waals surface area contributed by atoms with Gasteiger partial charge in [-0.15, -0.1) is 4.91 Å². The van der Waals surface area contributed by atoms with Gasteiger partial charge in [-0.1, -0.05) is 0 Å². The first kappa shape index (κ1) is 15.3. The van der Waals surface area contributed by atoms with E-state index in [9.17, 15) is 30.3 Å². The van der Waals surface area contributed by atoms with Crippen molar-refractivity contribution in [3.63, 3.8) is 0 Å². The fraction of sp³-hybridized carbons (Fsp3) is 0.455. The van der Waals surface area contributed by atoms with E-state index in [2.05, 4.69) is 5.29 Å².